The SMILES string of the molecule is Cc1nc(-c2ccccc2)sc1CN1CCc2nc(C3CC3)[nH]c(=O)c2C1. The minimum atomic E-state index is 0.0533. The first-order chi connectivity index (χ1) is 13.2. The lowest BCUT2D eigenvalue weighted by atomic mass is 10.1. The van der Waals surface area contributed by atoms with E-state index in [1.807, 2.05) is 18.2 Å². The maximum atomic E-state index is 12.5. The first-order valence-electron chi connectivity index (χ1n) is 9.53. The summed E-state index contributed by atoms with van der Waals surface area (Å²) in [6, 6.07) is 10.3. The number of hydrogen-bond donors (Lipinski definition) is 1. The molecule has 0 unspecified atom stereocenters. The molecule has 5 rings (SSSR count). The van der Waals surface area contributed by atoms with E-state index in [4.69, 9.17) is 9.97 Å². The number of thiazole rings is 1. The van der Waals surface area contributed by atoms with Crippen LogP contribution in [0, 0.1) is 6.92 Å². The molecule has 0 amide bonds. The van der Waals surface area contributed by atoms with Crippen LogP contribution in [0.25, 0.3) is 10.6 Å². The number of H-pyrrole nitrogens is 1. The number of hydrogen-bond acceptors (Lipinski definition) is 5. The molecule has 0 bridgehead atoms. The number of aromatic nitrogens is 3. The fraction of sp³-hybridized carbons (Fsp3) is 0.381. The standard InChI is InChI=1S/C21H22N4OS/c1-13-18(27-21(22-13)15-5-3-2-4-6-15)12-25-10-9-17-16(11-25)20(26)24-19(23-17)14-7-8-14/h2-6,14H,7-12H2,1H3,(H,23,24,26). The summed E-state index contributed by atoms with van der Waals surface area (Å²) >= 11 is 1.75. The van der Waals surface area contributed by atoms with Gasteiger partial charge in [-0.15, -0.1) is 11.3 Å². The second-order valence-corrected chi connectivity index (χ2v) is 8.59. The van der Waals surface area contributed by atoms with E-state index in [2.05, 4.69) is 28.9 Å². The maximum Gasteiger partial charge on any atom is 0.255 e. The van der Waals surface area contributed by atoms with Gasteiger partial charge in [0, 0.05) is 42.4 Å². The number of aromatic amines is 1. The van der Waals surface area contributed by atoms with Gasteiger partial charge in [0.05, 0.1) is 17.0 Å². The number of aryl methyl sites for hydroxylation is 1. The lowest BCUT2D eigenvalue weighted by Crippen LogP contribution is -2.35. The van der Waals surface area contributed by atoms with Crippen LogP contribution in [-0.4, -0.2) is 26.4 Å². The van der Waals surface area contributed by atoms with E-state index in [1.54, 1.807) is 11.3 Å². The molecule has 3 heterocycles. The molecule has 1 aliphatic heterocycles. The Bertz CT molecular complexity index is 1040. The second kappa shape index (κ2) is 6.69. The zero-order chi connectivity index (χ0) is 18.4. The van der Waals surface area contributed by atoms with Gasteiger partial charge in [-0.05, 0) is 19.8 Å². The van der Waals surface area contributed by atoms with Crippen molar-refractivity contribution in [2.75, 3.05) is 6.54 Å². The van der Waals surface area contributed by atoms with Gasteiger partial charge in [-0.25, -0.2) is 9.97 Å². The smallest absolute Gasteiger partial charge is 0.255 e. The predicted octanol–water partition coefficient (Wildman–Crippen LogP) is 3.64. The van der Waals surface area contributed by atoms with Crippen molar-refractivity contribution in [1.82, 2.24) is 19.9 Å². The van der Waals surface area contributed by atoms with Crippen LogP contribution in [0.5, 0.6) is 0 Å². The molecule has 6 heteroatoms. The zero-order valence-corrected chi connectivity index (χ0v) is 16.2. The van der Waals surface area contributed by atoms with E-state index in [-0.39, 0.29) is 5.56 Å². The maximum absolute atomic E-state index is 12.5. The van der Waals surface area contributed by atoms with Crippen molar-refractivity contribution >= 4 is 11.3 Å². The summed E-state index contributed by atoms with van der Waals surface area (Å²) in [6.45, 7) is 4.51. The Labute approximate surface area is 162 Å². The molecule has 2 aromatic heterocycles. The second-order valence-electron chi connectivity index (χ2n) is 7.50. The molecule has 0 radical (unpaired) electrons. The lowest BCUT2D eigenvalue weighted by Gasteiger charge is -2.27. The third-order valence-electron chi connectivity index (χ3n) is 5.41. The number of benzene rings is 1. The molecule has 1 N–H and O–H groups in total. The fourth-order valence-corrected chi connectivity index (χ4v) is 4.78. The number of rotatable bonds is 4. The Hall–Kier alpha value is -2.31. The first-order valence-corrected chi connectivity index (χ1v) is 10.3. The van der Waals surface area contributed by atoms with Gasteiger partial charge >= 0.3 is 0 Å². The van der Waals surface area contributed by atoms with Crippen molar-refractivity contribution < 1.29 is 0 Å². The fourth-order valence-electron chi connectivity index (χ4n) is 3.67. The average Bonchev–Trinajstić information content (AvgIpc) is 3.47. The van der Waals surface area contributed by atoms with E-state index in [9.17, 15) is 4.79 Å². The van der Waals surface area contributed by atoms with Crippen LogP contribution < -0.4 is 5.56 Å². The average molecular weight is 379 g/mol. The van der Waals surface area contributed by atoms with Crippen molar-refractivity contribution in [3.63, 3.8) is 0 Å². The lowest BCUT2D eigenvalue weighted by molar-refractivity contribution is 0.243. The summed E-state index contributed by atoms with van der Waals surface area (Å²) in [6.07, 6.45) is 3.16. The largest absolute Gasteiger partial charge is 0.310 e. The summed E-state index contributed by atoms with van der Waals surface area (Å²) in [5.41, 5.74) is 4.14. The molecule has 1 fully saturated rings. The molecule has 2 aliphatic rings. The van der Waals surface area contributed by atoms with E-state index < -0.39 is 0 Å². The van der Waals surface area contributed by atoms with Gasteiger partial charge in [0.2, 0.25) is 0 Å². The Morgan fingerprint density at radius 1 is 1.22 bits per heavy atom. The van der Waals surface area contributed by atoms with Crippen molar-refractivity contribution in [3.05, 3.63) is 68.3 Å². The molecule has 0 spiro atoms. The topological polar surface area (TPSA) is 61.9 Å². The Kier molecular flexibility index (Phi) is 4.17. The van der Waals surface area contributed by atoms with Crippen molar-refractivity contribution in [2.24, 2.45) is 0 Å². The Morgan fingerprint density at radius 2 is 2.04 bits per heavy atom. The van der Waals surface area contributed by atoms with Gasteiger partial charge in [-0.2, -0.15) is 0 Å². The third kappa shape index (κ3) is 3.35. The van der Waals surface area contributed by atoms with Crippen LogP contribution in [0.4, 0.5) is 0 Å². The van der Waals surface area contributed by atoms with Gasteiger partial charge in [0.15, 0.2) is 0 Å². The van der Waals surface area contributed by atoms with Crippen LogP contribution in [0.2, 0.25) is 0 Å². The number of nitrogens with one attached hydrogen (secondary N) is 1. The molecule has 0 atom stereocenters. The third-order valence-corrected chi connectivity index (χ3v) is 6.60. The van der Waals surface area contributed by atoms with Crippen molar-refractivity contribution in [3.8, 4) is 10.6 Å². The van der Waals surface area contributed by atoms with Crippen LogP contribution in [0.3, 0.4) is 0 Å². The highest BCUT2D eigenvalue weighted by Gasteiger charge is 2.29. The minimum Gasteiger partial charge on any atom is -0.310 e. The highest BCUT2D eigenvalue weighted by atomic mass is 32.1. The number of fused-ring (bicyclic) bond motifs is 1. The molecule has 1 aromatic carbocycles. The van der Waals surface area contributed by atoms with Gasteiger partial charge in [-0.3, -0.25) is 9.69 Å². The van der Waals surface area contributed by atoms with Gasteiger partial charge in [-0.1, -0.05) is 30.3 Å². The molecule has 1 saturated carbocycles. The predicted molar refractivity (Wildman–Crippen MR) is 107 cm³/mol. The van der Waals surface area contributed by atoms with Crippen LogP contribution >= 0.6 is 11.3 Å². The monoisotopic (exact) mass is 378 g/mol. The van der Waals surface area contributed by atoms with Crippen molar-refractivity contribution in [2.45, 2.75) is 45.2 Å². The van der Waals surface area contributed by atoms with E-state index in [0.29, 0.717) is 12.5 Å². The Balaban J connectivity index is 1.36. The van der Waals surface area contributed by atoms with Crippen LogP contribution in [0.15, 0.2) is 35.1 Å². The summed E-state index contributed by atoms with van der Waals surface area (Å²) in [4.78, 5) is 28.7. The summed E-state index contributed by atoms with van der Waals surface area (Å²) < 4.78 is 0. The van der Waals surface area contributed by atoms with Crippen LogP contribution in [-0.2, 0) is 19.5 Å². The quantitative estimate of drug-likeness (QED) is 0.753. The summed E-state index contributed by atoms with van der Waals surface area (Å²) in [5, 5.41) is 1.06. The summed E-state index contributed by atoms with van der Waals surface area (Å²) in [7, 11) is 0. The normalized spacial score (nSPS) is 17.1. The molecular formula is C21H22N4OS. The van der Waals surface area contributed by atoms with E-state index in [0.717, 1.165) is 65.7 Å². The molecular weight excluding hydrogens is 356 g/mol. The number of nitrogens with zero attached hydrogens (tertiary/aromatic N) is 3. The zero-order valence-electron chi connectivity index (χ0n) is 15.4. The molecule has 138 valence electrons. The first kappa shape index (κ1) is 16.8. The van der Waals surface area contributed by atoms with E-state index >= 15 is 0 Å². The summed E-state index contributed by atoms with van der Waals surface area (Å²) in [5.74, 6) is 1.38. The Morgan fingerprint density at radius 3 is 2.81 bits per heavy atom. The highest BCUT2D eigenvalue weighted by molar-refractivity contribution is 7.15. The van der Waals surface area contributed by atoms with Crippen LogP contribution in [0.1, 0.15) is 46.4 Å². The molecule has 0 saturated heterocycles. The van der Waals surface area contributed by atoms with Crippen molar-refractivity contribution in [1.29, 1.82) is 0 Å². The van der Waals surface area contributed by atoms with Gasteiger partial charge in [0.1, 0.15) is 10.8 Å². The van der Waals surface area contributed by atoms with Gasteiger partial charge in [0.25, 0.3) is 5.56 Å². The molecule has 5 nitrogen and oxygen atoms in total. The molecule has 27 heavy (non-hydrogen) atoms. The highest BCUT2D eigenvalue weighted by Crippen LogP contribution is 2.38. The minimum absolute atomic E-state index is 0.0533. The van der Waals surface area contributed by atoms with Gasteiger partial charge < -0.3 is 4.98 Å². The van der Waals surface area contributed by atoms with E-state index in [1.165, 1.54) is 4.88 Å². The molecule has 1 aliphatic carbocycles. The molecule has 3 aromatic rings.